The van der Waals surface area contributed by atoms with Crippen molar-refractivity contribution in [2.24, 2.45) is 0 Å². The molecule has 0 aliphatic carbocycles. The van der Waals surface area contributed by atoms with Crippen molar-refractivity contribution in [3.8, 4) is 34.3 Å². The van der Waals surface area contributed by atoms with Crippen LogP contribution >= 0.6 is 23.2 Å². The van der Waals surface area contributed by atoms with E-state index in [1.165, 1.54) is 7.11 Å². The molecule has 18 heteroatoms. The number of halogens is 7. The average Bonchev–Trinajstić information content (AvgIpc) is 3.51. The topological polar surface area (TPSA) is 107 Å². The molecular formula is C48H42Cl2F5N7O4. The molecule has 7 aromatic rings. The Morgan fingerprint density at radius 3 is 1.94 bits per heavy atom. The summed E-state index contributed by atoms with van der Waals surface area (Å²) in [5.41, 5.74) is -1.24. The minimum atomic E-state index is -5.20. The Kier molecular flexibility index (Phi) is 13.3. The third kappa shape index (κ3) is 9.11. The first-order valence-corrected chi connectivity index (χ1v) is 21.3. The fourth-order valence-corrected chi connectivity index (χ4v) is 8.53. The number of anilines is 3. The second-order valence-electron chi connectivity index (χ2n) is 15.4. The molecule has 8 rings (SSSR count). The molecule has 0 saturated carbocycles. The lowest BCUT2D eigenvalue weighted by atomic mass is 9.97. The van der Waals surface area contributed by atoms with Crippen LogP contribution in [0, 0.1) is 18.6 Å². The van der Waals surface area contributed by atoms with Gasteiger partial charge in [0.2, 0.25) is 5.28 Å². The smallest absolute Gasteiger partial charge is 0.418 e. The number of hydrogen-bond acceptors (Lipinski definition) is 11. The van der Waals surface area contributed by atoms with Gasteiger partial charge in [0.1, 0.15) is 41.0 Å². The van der Waals surface area contributed by atoms with E-state index in [9.17, 15) is 13.2 Å². The lowest BCUT2D eigenvalue weighted by Crippen LogP contribution is -2.33. The van der Waals surface area contributed by atoms with Crippen molar-refractivity contribution in [2.75, 3.05) is 49.6 Å². The number of rotatable bonds is 14. The summed E-state index contributed by atoms with van der Waals surface area (Å²) >= 11 is 13.5. The van der Waals surface area contributed by atoms with Crippen molar-refractivity contribution in [3.05, 3.63) is 146 Å². The standard InChI is InChI=1S/C48H42Cl2F5N7O4/c1-26-37(48(53,54)55)41(58-44(39(26)51)57-23-28-8-14-31(63-3)15-9-28)35-38(49)43-36-42(40(35)52)59-47(50)60-46(36)62(21-22-66-43)27(2)34-7-6-20-56-45(34)61(24-29-10-16-32(64-4)17-11-29)25-30-12-18-33(65-5)19-13-30/h6-20,27H,21-25H2,1-5H3,(H,57,58)/t27-/m1/s1. The number of methoxy groups -OCH3 is 3. The molecule has 1 aliphatic rings. The molecule has 1 aliphatic heterocycles. The summed E-state index contributed by atoms with van der Waals surface area (Å²) in [6.45, 7) is 3.77. The van der Waals surface area contributed by atoms with Crippen molar-refractivity contribution in [3.63, 3.8) is 0 Å². The molecule has 1 atom stereocenters. The van der Waals surface area contributed by atoms with Crippen LogP contribution in [0.25, 0.3) is 22.2 Å². The van der Waals surface area contributed by atoms with Crippen LogP contribution in [0.15, 0.2) is 91.1 Å². The van der Waals surface area contributed by atoms with Crippen molar-refractivity contribution >= 4 is 51.6 Å². The van der Waals surface area contributed by atoms with E-state index in [1.807, 2.05) is 66.4 Å². The Hall–Kier alpha value is -6.65. The molecule has 0 unspecified atom stereocenters. The van der Waals surface area contributed by atoms with Crippen LogP contribution in [-0.4, -0.2) is 54.4 Å². The summed E-state index contributed by atoms with van der Waals surface area (Å²) in [5, 5.41) is 1.79. The number of nitrogens with one attached hydrogen (secondary N) is 1. The minimum absolute atomic E-state index is 0.0287. The van der Waals surface area contributed by atoms with E-state index in [1.54, 1.807) is 50.7 Å². The molecule has 1 N–H and O–H groups in total. The van der Waals surface area contributed by atoms with E-state index in [2.05, 4.69) is 25.2 Å². The first-order chi connectivity index (χ1) is 31.7. The average molecular weight is 947 g/mol. The molecule has 4 aromatic carbocycles. The SMILES string of the molecule is COc1ccc(CNc2nc(-c3c(Cl)c4c5c(nc(Cl)nc5c3F)N([C@H](C)c3cccnc3N(Cc3ccc(OC)cc3)Cc3ccc(OC)cc3)CCO4)c(C(F)(F)F)c(C)c2F)cc1. The van der Waals surface area contributed by atoms with E-state index in [-0.39, 0.29) is 36.6 Å². The zero-order valence-corrected chi connectivity index (χ0v) is 37.7. The number of pyridine rings is 2. The van der Waals surface area contributed by atoms with E-state index in [4.69, 9.17) is 47.1 Å². The minimum Gasteiger partial charge on any atom is -0.497 e. The van der Waals surface area contributed by atoms with E-state index >= 15 is 8.78 Å². The summed E-state index contributed by atoms with van der Waals surface area (Å²) in [5.74, 6) is -0.582. The number of benzene rings is 4. The number of alkyl halides is 3. The van der Waals surface area contributed by atoms with Gasteiger partial charge in [-0.25, -0.2) is 23.7 Å². The Labute approximate surface area is 387 Å². The molecule has 0 bridgehead atoms. The Balaban J connectivity index is 1.23. The first kappa shape index (κ1) is 45.9. The fraction of sp³-hybridized carbons (Fsp3) is 0.250. The molecule has 0 fully saturated rings. The van der Waals surface area contributed by atoms with Gasteiger partial charge in [0.15, 0.2) is 23.2 Å². The van der Waals surface area contributed by atoms with Gasteiger partial charge in [-0.1, -0.05) is 54.1 Å². The van der Waals surface area contributed by atoms with Crippen LogP contribution in [0.5, 0.6) is 23.0 Å². The molecule has 0 radical (unpaired) electrons. The van der Waals surface area contributed by atoms with Crippen LogP contribution in [0.2, 0.25) is 10.3 Å². The van der Waals surface area contributed by atoms with Crippen LogP contribution in [0.4, 0.5) is 39.4 Å². The molecule has 342 valence electrons. The Bertz CT molecular complexity index is 2840. The molecule has 66 heavy (non-hydrogen) atoms. The summed E-state index contributed by atoms with van der Waals surface area (Å²) in [4.78, 5) is 21.7. The third-order valence-electron chi connectivity index (χ3n) is 11.4. The number of hydrogen-bond donors (Lipinski definition) is 1. The number of ether oxygens (including phenoxy) is 4. The predicted molar refractivity (Wildman–Crippen MR) is 244 cm³/mol. The zero-order valence-electron chi connectivity index (χ0n) is 36.2. The maximum absolute atomic E-state index is 17.4. The second-order valence-corrected chi connectivity index (χ2v) is 16.1. The number of aromatic nitrogens is 4. The molecule has 0 amide bonds. The maximum atomic E-state index is 17.4. The van der Waals surface area contributed by atoms with E-state index < -0.39 is 67.9 Å². The quantitative estimate of drug-likeness (QED) is 0.0832. The van der Waals surface area contributed by atoms with Gasteiger partial charge in [-0.3, -0.25) is 0 Å². The van der Waals surface area contributed by atoms with Crippen LogP contribution in [0.3, 0.4) is 0 Å². The van der Waals surface area contributed by atoms with Crippen LogP contribution in [-0.2, 0) is 25.8 Å². The number of nitrogens with zero attached hydrogens (tertiary/aromatic N) is 6. The fourth-order valence-electron chi connectivity index (χ4n) is 8.04. The van der Waals surface area contributed by atoms with Gasteiger partial charge in [-0.2, -0.15) is 18.2 Å². The van der Waals surface area contributed by atoms with Crippen LogP contribution in [0.1, 0.15) is 46.3 Å². The van der Waals surface area contributed by atoms with Gasteiger partial charge < -0.3 is 34.1 Å². The summed E-state index contributed by atoms with van der Waals surface area (Å²) in [6, 6.07) is 25.3. The van der Waals surface area contributed by atoms with Gasteiger partial charge >= 0.3 is 6.18 Å². The molecule has 3 aromatic heterocycles. The van der Waals surface area contributed by atoms with Gasteiger partial charge in [-0.15, -0.1) is 0 Å². The molecule has 0 spiro atoms. The lowest BCUT2D eigenvalue weighted by Gasteiger charge is -2.33. The van der Waals surface area contributed by atoms with Gasteiger partial charge in [0, 0.05) is 37.0 Å². The van der Waals surface area contributed by atoms with E-state index in [0.717, 1.165) is 23.6 Å². The highest BCUT2D eigenvalue weighted by Gasteiger charge is 2.42. The van der Waals surface area contributed by atoms with Crippen molar-refractivity contribution in [1.82, 2.24) is 19.9 Å². The molecule has 4 heterocycles. The Morgan fingerprint density at radius 1 is 0.803 bits per heavy atom. The van der Waals surface area contributed by atoms with Gasteiger partial charge in [0.25, 0.3) is 0 Å². The van der Waals surface area contributed by atoms with Crippen LogP contribution < -0.4 is 34.1 Å². The monoisotopic (exact) mass is 945 g/mol. The molecular weight excluding hydrogens is 904 g/mol. The highest BCUT2D eigenvalue weighted by atomic mass is 35.5. The summed E-state index contributed by atoms with van der Waals surface area (Å²) < 4.78 is 100. The summed E-state index contributed by atoms with van der Waals surface area (Å²) in [7, 11) is 4.70. The maximum Gasteiger partial charge on any atom is 0.418 e. The largest absolute Gasteiger partial charge is 0.497 e. The highest BCUT2D eigenvalue weighted by Crippen LogP contribution is 2.51. The highest BCUT2D eigenvalue weighted by molar-refractivity contribution is 6.37. The van der Waals surface area contributed by atoms with Crippen molar-refractivity contribution in [1.29, 1.82) is 0 Å². The third-order valence-corrected chi connectivity index (χ3v) is 11.9. The van der Waals surface area contributed by atoms with Gasteiger partial charge in [0.05, 0.1) is 61.1 Å². The second kappa shape index (κ2) is 19.1. The van der Waals surface area contributed by atoms with Crippen molar-refractivity contribution < 1.29 is 40.9 Å². The molecule has 11 nitrogen and oxygen atoms in total. The zero-order chi connectivity index (χ0) is 46.9. The van der Waals surface area contributed by atoms with E-state index in [0.29, 0.717) is 41.7 Å². The van der Waals surface area contributed by atoms with Crippen molar-refractivity contribution in [2.45, 2.75) is 45.7 Å². The lowest BCUT2D eigenvalue weighted by molar-refractivity contribution is -0.137. The summed E-state index contributed by atoms with van der Waals surface area (Å²) in [6.07, 6.45) is -3.50. The first-order valence-electron chi connectivity index (χ1n) is 20.6. The predicted octanol–water partition coefficient (Wildman–Crippen LogP) is 11.8. The van der Waals surface area contributed by atoms with Gasteiger partial charge in [-0.05, 0) is 84.6 Å². The molecule has 0 saturated heterocycles. The normalized spacial score (nSPS) is 12.9. The Morgan fingerprint density at radius 2 is 1.38 bits per heavy atom.